The van der Waals surface area contributed by atoms with Crippen molar-refractivity contribution in [2.45, 2.75) is 19.9 Å². The molecule has 34 heavy (non-hydrogen) atoms. The molecular weight excluding hydrogens is 476 g/mol. The Morgan fingerprint density at radius 2 is 1.91 bits per heavy atom. The second-order valence-corrected chi connectivity index (χ2v) is 8.91. The van der Waals surface area contributed by atoms with Crippen LogP contribution in [0.1, 0.15) is 31.0 Å². The molecule has 0 aliphatic carbocycles. The SMILES string of the molecule is CCOC(=O)C1=C(C)N=c2s/c(=C\c3cc(OC)ccc3OC)c(=O)n2[C@H]1c1ccc(Cl)cc1. The molecule has 0 spiro atoms. The first-order valence-electron chi connectivity index (χ1n) is 10.5. The Balaban J connectivity index is 1.96. The monoisotopic (exact) mass is 498 g/mol. The summed E-state index contributed by atoms with van der Waals surface area (Å²) in [7, 11) is 3.14. The van der Waals surface area contributed by atoms with Gasteiger partial charge in [-0.2, -0.15) is 0 Å². The summed E-state index contributed by atoms with van der Waals surface area (Å²) in [5, 5.41) is 0.555. The lowest BCUT2D eigenvalue weighted by atomic mass is 9.96. The molecule has 1 aromatic heterocycles. The van der Waals surface area contributed by atoms with Crippen LogP contribution in [0, 0.1) is 0 Å². The van der Waals surface area contributed by atoms with Crippen molar-refractivity contribution >= 4 is 35.0 Å². The van der Waals surface area contributed by atoms with Crippen LogP contribution in [0.15, 0.2) is 63.5 Å². The fourth-order valence-corrected chi connectivity index (χ4v) is 5.01. The number of methoxy groups -OCH3 is 2. The van der Waals surface area contributed by atoms with Gasteiger partial charge in [0.15, 0.2) is 4.80 Å². The Morgan fingerprint density at radius 3 is 2.56 bits per heavy atom. The van der Waals surface area contributed by atoms with Gasteiger partial charge in [-0.1, -0.05) is 35.1 Å². The molecular formula is C25H23ClN2O5S. The Labute approximate surface area is 205 Å². The molecule has 0 saturated carbocycles. The number of rotatable bonds is 6. The van der Waals surface area contributed by atoms with Gasteiger partial charge in [0.25, 0.3) is 5.56 Å². The molecule has 2 heterocycles. The van der Waals surface area contributed by atoms with Gasteiger partial charge in [0.2, 0.25) is 0 Å². The Bertz CT molecular complexity index is 1450. The van der Waals surface area contributed by atoms with Gasteiger partial charge in [0.05, 0.1) is 42.7 Å². The highest BCUT2D eigenvalue weighted by molar-refractivity contribution is 7.07. The molecule has 7 nitrogen and oxygen atoms in total. The van der Waals surface area contributed by atoms with E-state index in [4.69, 9.17) is 25.8 Å². The predicted molar refractivity (Wildman–Crippen MR) is 131 cm³/mol. The van der Waals surface area contributed by atoms with E-state index < -0.39 is 12.0 Å². The van der Waals surface area contributed by atoms with Crippen molar-refractivity contribution in [2.75, 3.05) is 20.8 Å². The summed E-state index contributed by atoms with van der Waals surface area (Å²) >= 11 is 7.33. The van der Waals surface area contributed by atoms with E-state index in [1.54, 1.807) is 76.6 Å². The molecule has 0 bridgehead atoms. The van der Waals surface area contributed by atoms with Crippen LogP contribution in [0.3, 0.4) is 0 Å². The van der Waals surface area contributed by atoms with Crippen molar-refractivity contribution in [3.63, 3.8) is 0 Å². The molecule has 176 valence electrons. The van der Waals surface area contributed by atoms with E-state index in [0.717, 1.165) is 5.56 Å². The maximum atomic E-state index is 13.7. The zero-order chi connectivity index (χ0) is 24.4. The van der Waals surface area contributed by atoms with E-state index in [2.05, 4.69) is 4.99 Å². The van der Waals surface area contributed by atoms with Crippen molar-refractivity contribution in [2.24, 2.45) is 4.99 Å². The van der Waals surface area contributed by atoms with Crippen LogP contribution in [-0.2, 0) is 9.53 Å². The Hall–Kier alpha value is -3.36. The molecule has 4 rings (SSSR count). The first-order chi connectivity index (χ1) is 16.4. The van der Waals surface area contributed by atoms with Crippen molar-refractivity contribution in [3.05, 3.63) is 89.6 Å². The van der Waals surface area contributed by atoms with Gasteiger partial charge in [-0.25, -0.2) is 9.79 Å². The largest absolute Gasteiger partial charge is 0.497 e. The zero-order valence-electron chi connectivity index (χ0n) is 19.1. The van der Waals surface area contributed by atoms with Crippen LogP contribution >= 0.6 is 22.9 Å². The maximum Gasteiger partial charge on any atom is 0.338 e. The number of allylic oxidation sites excluding steroid dienone is 1. The van der Waals surface area contributed by atoms with Gasteiger partial charge in [0.1, 0.15) is 11.5 Å². The number of benzene rings is 2. The molecule has 1 aliphatic heterocycles. The Kier molecular flexibility index (Phi) is 6.90. The minimum absolute atomic E-state index is 0.211. The van der Waals surface area contributed by atoms with Crippen LogP contribution in [0.4, 0.5) is 0 Å². The molecule has 0 fully saturated rings. The minimum Gasteiger partial charge on any atom is -0.497 e. The minimum atomic E-state index is -0.693. The summed E-state index contributed by atoms with van der Waals surface area (Å²) < 4.78 is 18.1. The van der Waals surface area contributed by atoms with E-state index in [1.807, 2.05) is 0 Å². The number of halogens is 1. The number of carbonyl (C=O) groups excluding carboxylic acids is 1. The number of thiazole rings is 1. The van der Waals surface area contributed by atoms with Crippen LogP contribution in [-0.4, -0.2) is 31.4 Å². The summed E-state index contributed by atoms with van der Waals surface area (Å²) in [4.78, 5) is 31.7. The smallest absolute Gasteiger partial charge is 0.338 e. The number of hydrogen-bond acceptors (Lipinski definition) is 7. The van der Waals surface area contributed by atoms with Crippen molar-refractivity contribution in [1.82, 2.24) is 4.57 Å². The summed E-state index contributed by atoms with van der Waals surface area (Å²) in [5.74, 6) is 0.732. The molecule has 9 heteroatoms. The number of aromatic nitrogens is 1. The van der Waals surface area contributed by atoms with Gasteiger partial charge in [0, 0.05) is 10.6 Å². The van der Waals surface area contributed by atoms with Gasteiger partial charge in [-0.3, -0.25) is 9.36 Å². The third-order valence-corrected chi connectivity index (χ3v) is 6.66. The quantitative estimate of drug-likeness (QED) is 0.486. The molecule has 0 radical (unpaired) electrons. The number of carbonyl (C=O) groups is 1. The molecule has 3 aromatic rings. The third kappa shape index (κ3) is 4.38. The predicted octanol–water partition coefficient (Wildman–Crippen LogP) is 3.47. The average Bonchev–Trinajstić information content (AvgIpc) is 3.13. The second kappa shape index (κ2) is 9.87. The van der Waals surface area contributed by atoms with Gasteiger partial charge >= 0.3 is 5.97 Å². The second-order valence-electron chi connectivity index (χ2n) is 7.46. The van der Waals surface area contributed by atoms with Gasteiger partial charge < -0.3 is 14.2 Å². The standard InChI is InChI=1S/C25H23ClN2O5S/c1-5-33-24(30)21-14(2)27-25-28(22(21)15-6-8-17(26)9-7-15)23(29)20(34-25)13-16-12-18(31-3)10-11-19(16)32-4/h6-13,22H,5H2,1-4H3/b20-13-/t22-/m0/s1. The molecule has 1 atom stereocenters. The van der Waals surface area contributed by atoms with Crippen LogP contribution in [0.5, 0.6) is 11.5 Å². The fourth-order valence-electron chi connectivity index (χ4n) is 3.85. The van der Waals surface area contributed by atoms with E-state index in [-0.39, 0.29) is 12.2 Å². The van der Waals surface area contributed by atoms with Crippen LogP contribution in [0.25, 0.3) is 6.08 Å². The zero-order valence-corrected chi connectivity index (χ0v) is 20.7. The average molecular weight is 499 g/mol. The lowest BCUT2D eigenvalue weighted by molar-refractivity contribution is -0.139. The van der Waals surface area contributed by atoms with E-state index >= 15 is 0 Å². The number of nitrogens with zero attached hydrogens (tertiary/aromatic N) is 2. The molecule has 0 N–H and O–H groups in total. The van der Waals surface area contributed by atoms with Crippen molar-refractivity contribution in [3.8, 4) is 11.5 Å². The Morgan fingerprint density at radius 1 is 1.18 bits per heavy atom. The number of esters is 1. The lowest BCUT2D eigenvalue weighted by Crippen LogP contribution is -2.39. The molecule has 0 amide bonds. The summed E-state index contributed by atoms with van der Waals surface area (Å²) in [6.07, 6.45) is 1.74. The summed E-state index contributed by atoms with van der Waals surface area (Å²) in [5.41, 5.74) is 1.97. The topological polar surface area (TPSA) is 79.1 Å². The molecule has 2 aromatic carbocycles. The normalized spacial score (nSPS) is 15.6. The summed E-state index contributed by atoms with van der Waals surface area (Å²) in [6, 6.07) is 11.7. The van der Waals surface area contributed by atoms with Crippen molar-refractivity contribution < 1.29 is 19.0 Å². The number of fused-ring (bicyclic) bond motifs is 1. The van der Waals surface area contributed by atoms with E-state index in [9.17, 15) is 9.59 Å². The highest BCUT2D eigenvalue weighted by Gasteiger charge is 2.33. The highest BCUT2D eigenvalue weighted by atomic mass is 35.5. The fraction of sp³-hybridized carbons (Fsp3) is 0.240. The number of ether oxygens (including phenoxy) is 3. The van der Waals surface area contributed by atoms with Gasteiger partial charge in [-0.05, 0) is 55.8 Å². The maximum absolute atomic E-state index is 13.7. The van der Waals surface area contributed by atoms with Crippen molar-refractivity contribution in [1.29, 1.82) is 0 Å². The van der Waals surface area contributed by atoms with E-state index in [0.29, 0.717) is 42.7 Å². The highest BCUT2D eigenvalue weighted by Crippen LogP contribution is 2.31. The van der Waals surface area contributed by atoms with Gasteiger partial charge in [-0.15, -0.1) is 0 Å². The lowest BCUT2D eigenvalue weighted by Gasteiger charge is -2.24. The molecule has 0 saturated heterocycles. The molecule has 0 unspecified atom stereocenters. The van der Waals surface area contributed by atoms with E-state index in [1.165, 1.54) is 15.9 Å². The molecule has 1 aliphatic rings. The van der Waals surface area contributed by atoms with Crippen LogP contribution < -0.4 is 24.4 Å². The van der Waals surface area contributed by atoms with Crippen LogP contribution in [0.2, 0.25) is 5.02 Å². The first-order valence-corrected chi connectivity index (χ1v) is 11.7. The number of hydrogen-bond donors (Lipinski definition) is 0. The first kappa shape index (κ1) is 23.8. The summed E-state index contributed by atoms with van der Waals surface area (Å²) in [6.45, 7) is 3.70. The third-order valence-electron chi connectivity index (χ3n) is 5.43.